The van der Waals surface area contributed by atoms with Crippen molar-refractivity contribution in [2.24, 2.45) is 11.8 Å². The van der Waals surface area contributed by atoms with Crippen LogP contribution in [0.5, 0.6) is 0 Å². The van der Waals surface area contributed by atoms with Crippen molar-refractivity contribution in [2.45, 2.75) is 77.2 Å². The number of aliphatic hydroxyl groups is 1. The van der Waals surface area contributed by atoms with Crippen molar-refractivity contribution in [3.63, 3.8) is 0 Å². The Balaban J connectivity index is 1.30. The van der Waals surface area contributed by atoms with Crippen molar-refractivity contribution in [3.05, 3.63) is 83.2 Å². The number of aliphatic hydroxyl groups excluding tert-OH is 1. The highest BCUT2D eigenvalue weighted by molar-refractivity contribution is 5.94. The fourth-order valence-corrected chi connectivity index (χ4v) is 7.29. The van der Waals surface area contributed by atoms with E-state index in [1.165, 1.54) is 12.1 Å². The summed E-state index contributed by atoms with van der Waals surface area (Å²) in [5.41, 5.74) is 2.74. The van der Waals surface area contributed by atoms with Crippen LogP contribution >= 0.6 is 0 Å². The van der Waals surface area contributed by atoms with E-state index in [1.807, 2.05) is 94.4 Å². The lowest BCUT2D eigenvalue weighted by atomic mass is 9.91. The van der Waals surface area contributed by atoms with Gasteiger partial charge in [-0.25, -0.2) is 9.18 Å². The molecule has 3 aliphatic heterocycles. The summed E-state index contributed by atoms with van der Waals surface area (Å²) in [7, 11) is 3.98. The third-order valence-electron chi connectivity index (χ3n) is 10.7. The number of hydrogen-bond acceptors (Lipinski definition) is 8. The molecule has 0 spiro atoms. The molecule has 0 bridgehead atoms. The minimum atomic E-state index is -0.891. The topological polar surface area (TPSA) is 103 Å². The number of likely N-dealkylation sites (N-methyl/N-ethyl adjacent to an activating group) is 1. The molecule has 0 aromatic heterocycles. The Bertz CT molecular complexity index is 1580. The SMILES string of the molecule is C/C(=C\c1cc(F)cc(N(C)C2CCN(C(=O)c3ccccc3)CC2)c1)[C@H]1OC(=O)C[C@H](O)CC[C@H](C)[C@@H](OC(=O)N2CCN(C)CC2)/C=C/[C@@H]1C. The fraction of sp³-hybridized carbons (Fsp3) is 0.537. The van der Waals surface area contributed by atoms with E-state index in [0.717, 1.165) is 31.6 Å². The van der Waals surface area contributed by atoms with Crippen LogP contribution in [0.15, 0.2) is 66.3 Å². The van der Waals surface area contributed by atoms with E-state index in [4.69, 9.17) is 9.47 Å². The van der Waals surface area contributed by atoms with Gasteiger partial charge in [0, 0.05) is 69.5 Å². The minimum Gasteiger partial charge on any atom is -0.457 e. The summed E-state index contributed by atoms with van der Waals surface area (Å²) >= 11 is 0. The number of nitrogens with zero attached hydrogens (tertiary/aromatic N) is 4. The molecule has 1 N–H and O–H groups in total. The standard InChI is InChI=1S/C41H55FN4O6/c1-28-11-13-36(47)27-38(48)52-39(29(2)12-14-37(28)51-41(50)46-21-19-43(4)20-22-46)30(3)23-31-24-33(42)26-35(25-31)44(5)34-15-17-45(18-16-34)40(49)32-9-7-6-8-10-32/h6-10,12,14,23-26,28-29,34,36-37,39,47H,11,13,15-22,27H2,1-5H3/b14-12+,30-23+/t28-,29-,36+,37-,39-/m0/s1. The highest BCUT2D eigenvalue weighted by Gasteiger charge is 2.30. The maximum absolute atomic E-state index is 15.1. The number of anilines is 1. The first-order chi connectivity index (χ1) is 24.9. The van der Waals surface area contributed by atoms with Crippen molar-refractivity contribution in [3.8, 4) is 0 Å². The number of carbonyl (C=O) groups excluding carboxylic acids is 3. The number of esters is 1. The van der Waals surface area contributed by atoms with E-state index in [0.29, 0.717) is 55.7 Å². The third-order valence-corrected chi connectivity index (χ3v) is 10.7. The first-order valence-corrected chi connectivity index (χ1v) is 18.6. The Morgan fingerprint density at radius 3 is 2.33 bits per heavy atom. The van der Waals surface area contributed by atoms with Crippen molar-refractivity contribution in [1.29, 1.82) is 0 Å². The first-order valence-electron chi connectivity index (χ1n) is 18.6. The highest BCUT2D eigenvalue weighted by atomic mass is 19.1. The molecule has 0 radical (unpaired) electrons. The molecule has 2 amide bonds. The average molecular weight is 719 g/mol. The molecule has 0 saturated carbocycles. The number of hydrogen-bond donors (Lipinski definition) is 1. The van der Waals surface area contributed by atoms with Crippen LogP contribution < -0.4 is 4.90 Å². The van der Waals surface area contributed by atoms with Crippen LogP contribution in [0.3, 0.4) is 0 Å². The van der Waals surface area contributed by atoms with Crippen molar-refractivity contribution < 1.29 is 33.4 Å². The van der Waals surface area contributed by atoms with Crippen LogP contribution in [0.25, 0.3) is 6.08 Å². The predicted molar refractivity (Wildman–Crippen MR) is 200 cm³/mol. The Labute approximate surface area is 307 Å². The number of ether oxygens (including phenoxy) is 2. The molecule has 3 heterocycles. The number of piperazine rings is 1. The summed E-state index contributed by atoms with van der Waals surface area (Å²) < 4.78 is 27.1. The van der Waals surface area contributed by atoms with Crippen molar-refractivity contribution >= 4 is 29.7 Å². The number of piperidine rings is 1. The van der Waals surface area contributed by atoms with Gasteiger partial charge in [-0.15, -0.1) is 0 Å². The van der Waals surface area contributed by atoms with Crippen LogP contribution in [-0.4, -0.2) is 115 Å². The Hall–Kier alpha value is -4.22. The van der Waals surface area contributed by atoms with Crippen molar-refractivity contribution in [1.82, 2.24) is 14.7 Å². The van der Waals surface area contributed by atoms with Gasteiger partial charge in [0.15, 0.2) is 0 Å². The smallest absolute Gasteiger partial charge is 0.410 e. The number of likely N-dealkylation sites (tertiary alicyclic amines) is 1. The Kier molecular flexibility index (Phi) is 13.5. The molecule has 5 atom stereocenters. The fourth-order valence-electron chi connectivity index (χ4n) is 7.29. The van der Waals surface area contributed by atoms with Gasteiger partial charge in [0.1, 0.15) is 18.0 Å². The summed E-state index contributed by atoms with van der Waals surface area (Å²) in [4.78, 5) is 47.0. The van der Waals surface area contributed by atoms with Gasteiger partial charge in [0.05, 0.1) is 12.5 Å². The molecule has 0 unspecified atom stereocenters. The Morgan fingerprint density at radius 2 is 1.63 bits per heavy atom. The number of amides is 2. The number of cyclic esters (lactones) is 1. The van der Waals surface area contributed by atoms with Gasteiger partial charge in [-0.2, -0.15) is 0 Å². The van der Waals surface area contributed by atoms with Crippen LogP contribution in [0, 0.1) is 17.7 Å². The monoisotopic (exact) mass is 718 g/mol. The lowest BCUT2D eigenvalue weighted by Crippen LogP contribution is -2.48. The lowest BCUT2D eigenvalue weighted by molar-refractivity contribution is -0.151. The van der Waals surface area contributed by atoms with E-state index < -0.39 is 24.3 Å². The molecule has 2 fully saturated rings. The molecule has 0 aliphatic carbocycles. The van der Waals surface area contributed by atoms with Gasteiger partial charge in [0.25, 0.3) is 5.91 Å². The van der Waals surface area contributed by atoms with Crippen LogP contribution in [-0.2, 0) is 14.3 Å². The summed E-state index contributed by atoms with van der Waals surface area (Å²) in [6.45, 7) is 9.77. The van der Waals surface area contributed by atoms with Gasteiger partial charge in [-0.05, 0) is 93.1 Å². The molecule has 2 aromatic carbocycles. The maximum atomic E-state index is 15.1. The molecule has 52 heavy (non-hydrogen) atoms. The highest BCUT2D eigenvalue weighted by Crippen LogP contribution is 2.29. The van der Waals surface area contributed by atoms with Gasteiger partial charge >= 0.3 is 12.1 Å². The molecular formula is C41H55FN4O6. The second-order valence-corrected chi connectivity index (χ2v) is 14.8. The summed E-state index contributed by atoms with van der Waals surface area (Å²) in [5.74, 6) is -1.26. The summed E-state index contributed by atoms with van der Waals surface area (Å²) in [6, 6.07) is 14.3. The molecule has 282 valence electrons. The quantitative estimate of drug-likeness (QED) is 0.287. The largest absolute Gasteiger partial charge is 0.457 e. The molecule has 2 aromatic rings. The van der Waals surface area contributed by atoms with E-state index in [-0.39, 0.29) is 42.1 Å². The number of halogens is 1. The first kappa shape index (κ1) is 39.0. The zero-order valence-electron chi connectivity index (χ0n) is 31.2. The second-order valence-electron chi connectivity index (χ2n) is 14.8. The van der Waals surface area contributed by atoms with Crippen LogP contribution in [0.2, 0.25) is 0 Å². The van der Waals surface area contributed by atoms with Crippen molar-refractivity contribution in [2.75, 3.05) is 58.3 Å². The van der Waals surface area contributed by atoms with E-state index >= 15 is 4.39 Å². The molecule has 11 heteroatoms. The molecule has 2 saturated heterocycles. The number of rotatable bonds is 6. The lowest BCUT2D eigenvalue weighted by Gasteiger charge is -2.38. The maximum Gasteiger partial charge on any atom is 0.410 e. The zero-order chi connectivity index (χ0) is 37.4. The number of benzene rings is 2. The molecular weight excluding hydrogens is 663 g/mol. The normalized spacial score (nSPS) is 26.5. The van der Waals surface area contributed by atoms with E-state index in [2.05, 4.69) is 9.80 Å². The van der Waals surface area contributed by atoms with Gasteiger partial charge in [0.2, 0.25) is 0 Å². The van der Waals surface area contributed by atoms with Crippen LogP contribution in [0.4, 0.5) is 14.9 Å². The van der Waals surface area contributed by atoms with Gasteiger partial charge in [-0.1, -0.05) is 44.2 Å². The molecule has 3 aliphatic rings. The molecule has 5 rings (SSSR count). The van der Waals surface area contributed by atoms with Gasteiger partial charge < -0.3 is 34.2 Å². The minimum absolute atomic E-state index is 0.0260. The summed E-state index contributed by atoms with van der Waals surface area (Å²) in [5, 5.41) is 10.7. The van der Waals surface area contributed by atoms with Gasteiger partial charge in [-0.3, -0.25) is 9.59 Å². The zero-order valence-corrected chi connectivity index (χ0v) is 31.2. The number of carbonyl (C=O) groups is 3. The average Bonchev–Trinajstić information content (AvgIpc) is 3.13. The molecule has 10 nitrogen and oxygen atoms in total. The summed E-state index contributed by atoms with van der Waals surface area (Å²) in [6.07, 6.45) is 5.46. The predicted octanol–water partition coefficient (Wildman–Crippen LogP) is 6.01. The van der Waals surface area contributed by atoms with Crippen LogP contribution in [0.1, 0.15) is 68.8 Å². The second kappa shape index (κ2) is 18.0. The third kappa shape index (κ3) is 10.4. The van der Waals surface area contributed by atoms with E-state index in [1.54, 1.807) is 4.90 Å². The van der Waals surface area contributed by atoms with E-state index in [9.17, 15) is 19.5 Å². The Morgan fingerprint density at radius 1 is 0.942 bits per heavy atom.